The number of nitrogens with zero attached hydrogens (tertiary/aromatic N) is 4. The molecule has 1 heterocycles. The van der Waals surface area contributed by atoms with E-state index in [9.17, 15) is 9.90 Å². The van der Waals surface area contributed by atoms with Crippen molar-refractivity contribution in [3.05, 3.63) is 77.3 Å². The molecule has 0 aliphatic rings. The maximum atomic E-state index is 12.5. The minimum atomic E-state index is -0.346. The number of aromatic hydroxyl groups is 1. The van der Waals surface area contributed by atoms with Crippen molar-refractivity contribution in [2.75, 3.05) is 19.0 Å². The van der Waals surface area contributed by atoms with Gasteiger partial charge in [-0.2, -0.15) is 5.10 Å². The van der Waals surface area contributed by atoms with Gasteiger partial charge in [-0.15, -0.1) is 10.2 Å². The third-order valence-corrected chi connectivity index (χ3v) is 6.38. The molecule has 0 atom stereocenters. The Morgan fingerprint density at radius 1 is 1.05 bits per heavy atom. The average Bonchev–Trinajstić information content (AvgIpc) is 3.34. The fourth-order valence-corrected chi connectivity index (χ4v) is 4.36. The molecule has 9 nitrogen and oxygen atoms in total. The molecule has 1 amide bonds. The number of amides is 1. The smallest absolute Gasteiger partial charge is 0.250 e. The summed E-state index contributed by atoms with van der Waals surface area (Å²) in [5, 5.41) is 24.1. The Labute approximate surface area is 229 Å². The number of hydrazone groups is 1. The second-order valence-electron chi connectivity index (χ2n) is 7.78. The predicted molar refractivity (Wildman–Crippen MR) is 149 cm³/mol. The van der Waals surface area contributed by atoms with Crippen LogP contribution in [0.4, 0.5) is 0 Å². The Morgan fingerprint density at radius 3 is 2.50 bits per heavy atom. The molecule has 0 radical (unpaired) electrons. The van der Waals surface area contributed by atoms with Crippen molar-refractivity contribution in [2.24, 2.45) is 5.10 Å². The highest BCUT2D eigenvalue weighted by Crippen LogP contribution is 2.30. The van der Waals surface area contributed by atoms with Gasteiger partial charge in [-0.25, -0.2) is 5.43 Å². The largest absolute Gasteiger partial charge is 0.504 e. The summed E-state index contributed by atoms with van der Waals surface area (Å²) >= 11 is 7.29. The van der Waals surface area contributed by atoms with Crippen LogP contribution in [0.3, 0.4) is 0 Å². The van der Waals surface area contributed by atoms with E-state index in [4.69, 9.17) is 21.1 Å². The molecule has 196 valence electrons. The summed E-state index contributed by atoms with van der Waals surface area (Å²) in [6, 6.07) is 19.9. The molecule has 1 aromatic heterocycles. The molecular weight excluding hydrogens is 526 g/mol. The molecule has 4 aromatic rings. The summed E-state index contributed by atoms with van der Waals surface area (Å²) in [7, 11) is 0. The molecule has 11 heteroatoms. The second kappa shape index (κ2) is 13.0. The number of carbonyl (C=O) groups excluding carboxylic acids is 1. The Balaban J connectivity index is 1.50. The van der Waals surface area contributed by atoms with Crippen LogP contribution in [0.25, 0.3) is 17.1 Å². The van der Waals surface area contributed by atoms with E-state index in [1.54, 1.807) is 30.3 Å². The molecule has 0 aliphatic carbocycles. The predicted octanol–water partition coefficient (Wildman–Crippen LogP) is 5.33. The van der Waals surface area contributed by atoms with Gasteiger partial charge in [-0.1, -0.05) is 29.4 Å². The van der Waals surface area contributed by atoms with Gasteiger partial charge in [0.05, 0.1) is 25.2 Å². The summed E-state index contributed by atoms with van der Waals surface area (Å²) in [6.45, 7) is 4.74. The number of ether oxygens (including phenoxy) is 2. The Hall–Kier alpha value is -4.02. The molecule has 0 saturated carbocycles. The molecule has 0 fully saturated rings. The SMILES string of the molecule is CCOc1ccc(-n2c(SCC(=O)N/N=C\c3cccc(OCC)c3O)nnc2-c2ccc(Cl)cc2)cc1. The lowest BCUT2D eigenvalue weighted by atomic mass is 10.2. The number of benzene rings is 3. The lowest BCUT2D eigenvalue weighted by Crippen LogP contribution is -2.20. The van der Waals surface area contributed by atoms with Crippen molar-refractivity contribution < 1.29 is 19.4 Å². The van der Waals surface area contributed by atoms with Crippen molar-refractivity contribution in [3.8, 4) is 34.3 Å². The average molecular weight is 552 g/mol. The molecule has 2 N–H and O–H groups in total. The standard InChI is InChI=1S/C27H26ClN5O4S/c1-3-36-22-14-12-21(13-15-22)33-26(18-8-10-20(28)11-9-18)31-32-27(33)38-17-24(34)30-29-16-19-6-5-7-23(25(19)35)37-4-2/h5-16,35H,3-4,17H2,1-2H3,(H,30,34)/b29-16-. The third kappa shape index (κ3) is 6.64. The van der Waals surface area contributed by atoms with Gasteiger partial charge >= 0.3 is 0 Å². The van der Waals surface area contributed by atoms with E-state index in [0.29, 0.717) is 40.5 Å². The molecule has 0 unspecified atom stereocenters. The van der Waals surface area contributed by atoms with E-state index < -0.39 is 0 Å². The van der Waals surface area contributed by atoms with Crippen LogP contribution in [0, 0.1) is 0 Å². The molecular formula is C27H26ClN5O4S. The van der Waals surface area contributed by atoms with Gasteiger partial charge in [0.1, 0.15) is 5.75 Å². The summed E-state index contributed by atoms with van der Waals surface area (Å²) in [5.74, 6) is 1.36. The number of phenolic OH excluding ortho intramolecular Hbond substituents is 1. The van der Waals surface area contributed by atoms with Crippen LogP contribution in [0.2, 0.25) is 5.02 Å². The summed E-state index contributed by atoms with van der Waals surface area (Å²) < 4.78 is 12.8. The van der Waals surface area contributed by atoms with Crippen LogP contribution in [0.15, 0.2) is 77.0 Å². The topological polar surface area (TPSA) is 111 Å². The van der Waals surface area contributed by atoms with Crippen LogP contribution in [0.5, 0.6) is 17.2 Å². The van der Waals surface area contributed by atoms with Gasteiger partial charge in [0.15, 0.2) is 22.5 Å². The number of phenols is 1. The minimum Gasteiger partial charge on any atom is -0.504 e. The fourth-order valence-electron chi connectivity index (χ4n) is 3.49. The maximum Gasteiger partial charge on any atom is 0.250 e. The third-order valence-electron chi connectivity index (χ3n) is 5.20. The van der Waals surface area contributed by atoms with Crippen molar-refractivity contribution in [1.29, 1.82) is 0 Å². The van der Waals surface area contributed by atoms with E-state index in [-0.39, 0.29) is 17.4 Å². The molecule has 0 saturated heterocycles. The fraction of sp³-hybridized carbons (Fsp3) is 0.185. The maximum absolute atomic E-state index is 12.5. The minimum absolute atomic E-state index is 0.0398. The zero-order chi connectivity index (χ0) is 26.9. The normalized spacial score (nSPS) is 11.0. The van der Waals surface area contributed by atoms with Gasteiger partial charge < -0.3 is 14.6 Å². The monoisotopic (exact) mass is 551 g/mol. The number of hydrogen-bond acceptors (Lipinski definition) is 8. The van der Waals surface area contributed by atoms with E-state index >= 15 is 0 Å². The molecule has 0 bridgehead atoms. The van der Waals surface area contributed by atoms with E-state index in [1.807, 2.05) is 54.8 Å². The van der Waals surface area contributed by atoms with Crippen molar-refractivity contribution in [3.63, 3.8) is 0 Å². The van der Waals surface area contributed by atoms with E-state index in [1.165, 1.54) is 18.0 Å². The summed E-state index contributed by atoms with van der Waals surface area (Å²) in [5.41, 5.74) is 4.54. The second-order valence-corrected chi connectivity index (χ2v) is 9.16. The first-order valence-corrected chi connectivity index (χ1v) is 13.2. The van der Waals surface area contributed by atoms with Crippen LogP contribution in [0.1, 0.15) is 19.4 Å². The van der Waals surface area contributed by atoms with Crippen LogP contribution >= 0.6 is 23.4 Å². The summed E-state index contributed by atoms with van der Waals surface area (Å²) in [6.07, 6.45) is 1.36. The number of carbonyl (C=O) groups is 1. The number of nitrogens with one attached hydrogen (secondary N) is 1. The molecule has 0 spiro atoms. The quantitative estimate of drug-likeness (QED) is 0.147. The first-order valence-electron chi connectivity index (χ1n) is 11.8. The first kappa shape index (κ1) is 27.0. The molecule has 0 aliphatic heterocycles. The van der Waals surface area contributed by atoms with Crippen molar-refractivity contribution in [2.45, 2.75) is 19.0 Å². The Morgan fingerprint density at radius 2 is 1.79 bits per heavy atom. The van der Waals surface area contributed by atoms with Gasteiger partial charge in [-0.3, -0.25) is 9.36 Å². The molecule has 3 aromatic carbocycles. The van der Waals surface area contributed by atoms with Gasteiger partial charge in [0.2, 0.25) is 0 Å². The Bertz CT molecular complexity index is 1410. The molecule has 4 rings (SSSR count). The van der Waals surface area contributed by atoms with Crippen LogP contribution in [-0.2, 0) is 4.79 Å². The first-order chi connectivity index (χ1) is 18.5. The van der Waals surface area contributed by atoms with E-state index in [0.717, 1.165) is 17.0 Å². The van der Waals surface area contributed by atoms with Gasteiger partial charge in [0, 0.05) is 21.8 Å². The highest BCUT2D eigenvalue weighted by Gasteiger charge is 2.17. The number of rotatable bonds is 11. The molecule has 38 heavy (non-hydrogen) atoms. The van der Waals surface area contributed by atoms with E-state index in [2.05, 4.69) is 20.7 Å². The van der Waals surface area contributed by atoms with Crippen LogP contribution < -0.4 is 14.9 Å². The van der Waals surface area contributed by atoms with Crippen molar-refractivity contribution >= 4 is 35.5 Å². The highest BCUT2D eigenvalue weighted by atomic mass is 35.5. The number of aromatic nitrogens is 3. The Kier molecular flexibility index (Phi) is 9.23. The van der Waals surface area contributed by atoms with Gasteiger partial charge in [-0.05, 0) is 74.5 Å². The lowest BCUT2D eigenvalue weighted by molar-refractivity contribution is -0.118. The number of thioether (sulfide) groups is 1. The number of hydrogen-bond donors (Lipinski definition) is 2. The number of halogens is 1. The zero-order valence-corrected chi connectivity index (χ0v) is 22.4. The van der Waals surface area contributed by atoms with Crippen LogP contribution in [-0.4, -0.2) is 51.0 Å². The lowest BCUT2D eigenvalue weighted by Gasteiger charge is -2.11. The van der Waals surface area contributed by atoms with Crippen molar-refractivity contribution in [1.82, 2.24) is 20.2 Å². The van der Waals surface area contributed by atoms with Gasteiger partial charge in [0.25, 0.3) is 5.91 Å². The highest BCUT2D eigenvalue weighted by molar-refractivity contribution is 7.99. The zero-order valence-electron chi connectivity index (χ0n) is 20.8. The number of para-hydroxylation sites is 1. The summed E-state index contributed by atoms with van der Waals surface area (Å²) in [4.78, 5) is 12.5.